The molecule has 0 aliphatic carbocycles. The molecule has 6 nitrogen and oxygen atoms in total. The second-order valence-corrected chi connectivity index (χ2v) is 6.31. The van der Waals surface area contributed by atoms with Crippen LogP contribution in [0.3, 0.4) is 0 Å². The van der Waals surface area contributed by atoms with Gasteiger partial charge in [-0.2, -0.15) is 5.10 Å². The average Bonchev–Trinajstić information content (AvgIpc) is 2.45. The van der Waals surface area contributed by atoms with Crippen molar-refractivity contribution >= 4 is 11.7 Å². The quantitative estimate of drug-likeness (QED) is 0.377. The Labute approximate surface area is 126 Å². The number of hydrogen-bond acceptors (Lipinski definition) is 5. The SMILES string of the molecule is Cc1nnc(N2CC(C)CC(C)C2C)c(C(N)=NO)c1C. The van der Waals surface area contributed by atoms with Crippen LogP contribution in [0.15, 0.2) is 5.16 Å². The second-order valence-electron chi connectivity index (χ2n) is 6.31. The lowest BCUT2D eigenvalue weighted by atomic mass is 9.85. The lowest BCUT2D eigenvalue weighted by Crippen LogP contribution is -2.47. The van der Waals surface area contributed by atoms with E-state index in [4.69, 9.17) is 10.9 Å². The second kappa shape index (κ2) is 5.87. The van der Waals surface area contributed by atoms with E-state index in [0.29, 0.717) is 23.4 Å². The first kappa shape index (κ1) is 15.5. The van der Waals surface area contributed by atoms with Gasteiger partial charge in [0.1, 0.15) is 0 Å². The molecule has 2 heterocycles. The minimum absolute atomic E-state index is 0.0959. The smallest absolute Gasteiger partial charge is 0.174 e. The van der Waals surface area contributed by atoms with Gasteiger partial charge in [-0.1, -0.05) is 19.0 Å². The highest BCUT2D eigenvalue weighted by molar-refractivity contribution is 6.02. The number of aryl methyl sites for hydroxylation is 1. The van der Waals surface area contributed by atoms with Crippen LogP contribution in [0.5, 0.6) is 0 Å². The summed E-state index contributed by atoms with van der Waals surface area (Å²) in [6, 6.07) is 0.350. The van der Waals surface area contributed by atoms with E-state index in [2.05, 4.69) is 41.0 Å². The van der Waals surface area contributed by atoms with Crippen LogP contribution in [0.4, 0.5) is 5.82 Å². The van der Waals surface area contributed by atoms with Crippen LogP contribution in [-0.4, -0.2) is 33.8 Å². The Morgan fingerprint density at radius 2 is 1.95 bits per heavy atom. The van der Waals surface area contributed by atoms with Crippen molar-refractivity contribution in [1.82, 2.24) is 10.2 Å². The topological polar surface area (TPSA) is 87.6 Å². The van der Waals surface area contributed by atoms with Crippen LogP contribution in [0.25, 0.3) is 0 Å². The number of nitrogens with two attached hydrogens (primary N) is 1. The fraction of sp³-hybridized carbons (Fsp3) is 0.667. The van der Waals surface area contributed by atoms with E-state index in [1.54, 1.807) is 0 Å². The summed E-state index contributed by atoms with van der Waals surface area (Å²) in [6.07, 6.45) is 1.20. The molecule has 2 rings (SSSR count). The van der Waals surface area contributed by atoms with Crippen LogP contribution < -0.4 is 10.6 Å². The van der Waals surface area contributed by atoms with Gasteiger partial charge in [0.2, 0.25) is 0 Å². The molecule has 3 N–H and O–H groups in total. The van der Waals surface area contributed by atoms with Crippen LogP contribution >= 0.6 is 0 Å². The highest BCUT2D eigenvalue weighted by Crippen LogP contribution is 2.32. The van der Waals surface area contributed by atoms with Crippen LogP contribution in [-0.2, 0) is 0 Å². The van der Waals surface area contributed by atoms with Crippen molar-refractivity contribution in [3.05, 3.63) is 16.8 Å². The number of anilines is 1. The number of amidine groups is 1. The molecule has 0 aromatic carbocycles. The summed E-state index contributed by atoms with van der Waals surface area (Å²) >= 11 is 0. The standard InChI is InChI=1S/C15H25N5O/c1-8-6-9(2)12(5)20(7-8)15-13(14(16)19-21)10(3)11(4)17-18-15/h8-9,12,21H,6-7H2,1-5H3,(H2,16,19). The molecule has 0 saturated carbocycles. The molecule has 1 saturated heterocycles. The molecule has 116 valence electrons. The van der Waals surface area contributed by atoms with Gasteiger partial charge in [-0.05, 0) is 44.6 Å². The van der Waals surface area contributed by atoms with Gasteiger partial charge in [0.15, 0.2) is 11.7 Å². The Bertz CT molecular complexity index is 557. The zero-order valence-electron chi connectivity index (χ0n) is 13.5. The molecule has 1 aliphatic heterocycles. The van der Waals surface area contributed by atoms with Gasteiger partial charge in [0.05, 0.1) is 11.3 Å². The highest BCUT2D eigenvalue weighted by atomic mass is 16.4. The number of rotatable bonds is 2. The first-order valence-electron chi connectivity index (χ1n) is 7.45. The summed E-state index contributed by atoms with van der Waals surface area (Å²) in [4.78, 5) is 2.24. The van der Waals surface area contributed by atoms with Crippen LogP contribution in [0, 0.1) is 25.7 Å². The molecule has 3 unspecified atom stereocenters. The molecule has 0 amide bonds. The van der Waals surface area contributed by atoms with Gasteiger partial charge in [-0.3, -0.25) is 0 Å². The molecule has 6 heteroatoms. The zero-order chi connectivity index (χ0) is 15.7. The number of nitrogens with zero attached hydrogens (tertiary/aromatic N) is 4. The van der Waals surface area contributed by atoms with Crippen molar-refractivity contribution < 1.29 is 5.21 Å². The first-order chi connectivity index (χ1) is 9.86. The minimum atomic E-state index is 0.0959. The fourth-order valence-corrected chi connectivity index (χ4v) is 3.15. The lowest BCUT2D eigenvalue weighted by Gasteiger charge is -2.42. The average molecular weight is 291 g/mol. The third-order valence-electron chi connectivity index (χ3n) is 4.67. The maximum atomic E-state index is 9.09. The summed E-state index contributed by atoms with van der Waals surface area (Å²) in [6.45, 7) is 11.4. The Kier molecular flexibility index (Phi) is 4.34. The molecule has 0 radical (unpaired) electrons. The molecule has 21 heavy (non-hydrogen) atoms. The van der Waals surface area contributed by atoms with E-state index >= 15 is 0 Å². The van der Waals surface area contributed by atoms with E-state index in [-0.39, 0.29) is 5.84 Å². The molecular weight excluding hydrogens is 266 g/mol. The van der Waals surface area contributed by atoms with Crippen molar-refractivity contribution in [3.63, 3.8) is 0 Å². The summed E-state index contributed by atoms with van der Waals surface area (Å²) < 4.78 is 0. The van der Waals surface area contributed by atoms with Crippen LogP contribution in [0.1, 0.15) is 44.0 Å². The number of aromatic nitrogens is 2. The van der Waals surface area contributed by atoms with Crippen molar-refractivity contribution in [2.75, 3.05) is 11.4 Å². The van der Waals surface area contributed by atoms with E-state index in [1.807, 2.05) is 13.8 Å². The Morgan fingerprint density at radius 1 is 1.29 bits per heavy atom. The molecule has 1 aromatic heterocycles. The predicted octanol–water partition coefficient (Wildman–Crippen LogP) is 2.06. The van der Waals surface area contributed by atoms with Crippen molar-refractivity contribution in [2.45, 2.75) is 47.1 Å². The van der Waals surface area contributed by atoms with E-state index < -0.39 is 0 Å². The van der Waals surface area contributed by atoms with Gasteiger partial charge in [0.25, 0.3) is 0 Å². The van der Waals surface area contributed by atoms with E-state index in [9.17, 15) is 0 Å². The normalized spacial score (nSPS) is 27.0. The van der Waals surface area contributed by atoms with Crippen molar-refractivity contribution in [1.29, 1.82) is 0 Å². The maximum Gasteiger partial charge on any atom is 0.174 e. The highest BCUT2D eigenvalue weighted by Gasteiger charge is 2.32. The van der Waals surface area contributed by atoms with Crippen molar-refractivity contribution in [3.8, 4) is 0 Å². The Balaban J connectivity index is 2.55. The van der Waals surface area contributed by atoms with Gasteiger partial charge in [0, 0.05) is 12.6 Å². The first-order valence-corrected chi connectivity index (χ1v) is 7.45. The van der Waals surface area contributed by atoms with Crippen LogP contribution in [0.2, 0.25) is 0 Å². The molecule has 1 aliphatic rings. The largest absolute Gasteiger partial charge is 0.409 e. The Morgan fingerprint density at radius 3 is 2.57 bits per heavy atom. The summed E-state index contributed by atoms with van der Waals surface area (Å²) in [5, 5.41) is 20.9. The number of hydrogen-bond donors (Lipinski definition) is 2. The van der Waals surface area contributed by atoms with E-state index in [0.717, 1.165) is 23.6 Å². The van der Waals surface area contributed by atoms with Gasteiger partial charge in [-0.25, -0.2) is 0 Å². The predicted molar refractivity (Wildman–Crippen MR) is 83.8 cm³/mol. The molecule has 1 fully saturated rings. The number of piperidine rings is 1. The van der Waals surface area contributed by atoms with Gasteiger partial charge < -0.3 is 15.8 Å². The molecule has 3 atom stereocenters. The van der Waals surface area contributed by atoms with Gasteiger partial charge in [-0.15, -0.1) is 5.10 Å². The Hall–Kier alpha value is -1.85. The molecule has 0 bridgehead atoms. The summed E-state index contributed by atoms with van der Waals surface area (Å²) in [7, 11) is 0. The van der Waals surface area contributed by atoms with Gasteiger partial charge >= 0.3 is 0 Å². The monoisotopic (exact) mass is 291 g/mol. The maximum absolute atomic E-state index is 9.09. The molecule has 0 spiro atoms. The van der Waals surface area contributed by atoms with E-state index in [1.165, 1.54) is 6.42 Å². The fourth-order valence-electron chi connectivity index (χ4n) is 3.15. The lowest BCUT2D eigenvalue weighted by molar-refractivity contribution is 0.294. The van der Waals surface area contributed by atoms with Crippen molar-refractivity contribution in [2.24, 2.45) is 22.7 Å². The molecule has 1 aromatic rings. The third kappa shape index (κ3) is 2.80. The minimum Gasteiger partial charge on any atom is -0.409 e. The zero-order valence-corrected chi connectivity index (χ0v) is 13.5. The molecular formula is C15H25N5O. The summed E-state index contributed by atoms with van der Waals surface area (Å²) in [5.74, 6) is 1.97. The number of oxime groups is 1. The third-order valence-corrected chi connectivity index (χ3v) is 4.67. The summed E-state index contributed by atoms with van der Waals surface area (Å²) in [5.41, 5.74) is 8.29.